The van der Waals surface area contributed by atoms with Crippen molar-refractivity contribution in [3.05, 3.63) is 121 Å². The van der Waals surface area contributed by atoms with Gasteiger partial charge in [-0.15, -0.1) is 0 Å². The summed E-state index contributed by atoms with van der Waals surface area (Å²) in [5.41, 5.74) is 1.17. The van der Waals surface area contributed by atoms with E-state index in [1.54, 1.807) is 12.1 Å². The standard InChI is InChI=1S/C33H37FOP.BrH/c1-2-3-4-5-6-15-25-35-29-18-16-17-28(26-29)27-36(30-19-9-7-10-20-30,31-21-11-8-12-22-31)33-24-14-13-23-32(33)34;/h7-14,16-24,26H,2-6,15,25,27H2,1H3;1H/q+1;/p-1. The van der Waals surface area contributed by atoms with Crippen molar-refractivity contribution < 1.29 is 26.1 Å². The molecule has 0 unspecified atom stereocenters. The van der Waals surface area contributed by atoms with Crippen LogP contribution in [0.15, 0.2) is 109 Å². The molecular formula is C33H37BrFOP. The molecule has 0 atom stereocenters. The van der Waals surface area contributed by atoms with Crippen molar-refractivity contribution >= 4 is 23.2 Å². The van der Waals surface area contributed by atoms with Crippen molar-refractivity contribution in [3.8, 4) is 5.75 Å². The third-order valence-electron chi connectivity index (χ3n) is 6.74. The van der Waals surface area contributed by atoms with Gasteiger partial charge in [-0.25, -0.2) is 4.39 Å². The molecule has 4 aromatic carbocycles. The predicted molar refractivity (Wildman–Crippen MR) is 154 cm³/mol. The van der Waals surface area contributed by atoms with Gasteiger partial charge in [-0.05, 0) is 60.5 Å². The van der Waals surface area contributed by atoms with Crippen molar-refractivity contribution in [1.29, 1.82) is 0 Å². The van der Waals surface area contributed by atoms with Gasteiger partial charge in [0.1, 0.15) is 28.9 Å². The highest BCUT2D eigenvalue weighted by Gasteiger charge is 2.47. The van der Waals surface area contributed by atoms with Crippen LogP contribution >= 0.6 is 7.26 Å². The maximum Gasteiger partial charge on any atom is 0.166 e. The first kappa shape index (κ1) is 29.1. The van der Waals surface area contributed by atoms with Crippen molar-refractivity contribution in [2.75, 3.05) is 6.61 Å². The summed E-state index contributed by atoms with van der Waals surface area (Å²) in [5, 5.41) is 3.15. The SMILES string of the molecule is CCCCCCCCOc1cccc(C[P+](c2ccccc2)(c2ccccc2)c2ccccc2F)c1.[Br-]. The maximum absolute atomic E-state index is 15.6. The van der Waals surface area contributed by atoms with E-state index in [0.717, 1.165) is 30.2 Å². The highest BCUT2D eigenvalue weighted by Crippen LogP contribution is 2.58. The molecule has 0 bridgehead atoms. The van der Waals surface area contributed by atoms with Crippen LogP contribution in [0.1, 0.15) is 51.0 Å². The Morgan fingerprint density at radius 1 is 0.649 bits per heavy atom. The van der Waals surface area contributed by atoms with Gasteiger partial charge in [0.25, 0.3) is 0 Å². The normalized spacial score (nSPS) is 11.1. The fourth-order valence-corrected chi connectivity index (χ4v) is 9.18. The second-order valence-corrected chi connectivity index (χ2v) is 12.8. The summed E-state index contributed by atoms with van der Waals surface area (Å²) in [7, 11) is -2.31. The van der Waals surface area contributed by atoms with Crippen LogP contribution in [0.4, 0.5) is 4.39 Å². The van der Waals surface area contributed by atoms with Gasteiger partial charge >= 0.3 is 0 Å². The molecule has 0 aromatic heterocycles. The third kappa shape index (κ3) is 7.53. The summed E-state index contributed by atoms with van der Waals surface area (Å²) in [6.07, 6.45) is 8.20. The largest absolute Gasteiger partial charge is 1.00 e. The Labute approximate surface area is 233 Å². The Bertz CT molecular complexity index is 1160. The van der Waals surface area contributed by atoms with Crippen LogP contribution in [-0.2, 0) is 6.16 Å². The zero-order valence-corrected chi connectivity index (χ0v) is 24.1. The molecule has 0 saturated carbocycles. The third-order valence-corrected chi connectivity index (χ3v) is 11.1. The quantitative estimate of drug-likeness (QED) is 0.159. The Balaban J connectivity index is 0.00000380. The number of hydrogen-bond acceptors (Lipinski definition) is 1. The Morgan fingerprint density at radius 2 is 1.24 bits per heavy atom. The van der Waals surface area contributed by atoms with Gasteiger partial charge in [0.15, 0.2) is 5.82 Å². The van der Waals surface area contributed by atoms with Crippen LogP contribution in [-0.4, -0.2) is 6.61 Å². The predicted octanol–water partition coefficient (Wildman–Crippen LogP) is 5.06. The molecule has 4 rings (SSSR count). The maximum atomic E-state index is 15.6. The summed E-state index contributed by atoms with van der Waals surface area (Å²) in [5.74, 6) is 0.753. The van der Waals surface area contributed by atoms with E-state index in [1.165, 1.54) is 48.3 Å². The summed E-state index contributed by atoms with van der Waals surface area (Å²) in [4.78, 5) is 0. The Kier molecular flexibility index (Phi) is 11.8. The van der Waals surface area contributed by atoms with Crippen LogP contribution < -0.4 is 37.6 Å². The van der Waals surface area contributed by atoms with E-state index in [0.29, 0.717) is 0 Å². The minimum absolute atomic E-state index is 0. The molecule has 194 valence electrons. The molecule has 0 fully saturated rings. The van der Waals surface area contributed by atoms with Crippen LogP contribution in [0.3, 0.4) is 0 Å². The molecule has 0 saturated heterocycles. The van der Waals surface area contributed by atoms with E-state index in [2.05, 4.69) is 73.7 Å². The van der Waals surface area contributed by atoms with Gasteiger partial charge in [0.05, 0.1) is 12.8 Å². The van der Waals surface area contributed by atoms with Crippen LogP contribution in [0, 0.1) is 5.82 Å². The van der Waals surface area contributed by atoms with Crippen LogP contribution in [0.5, 0.6) is 5.75 Å². The van der Waals surface area contributed by atoms with Gasteiger partial charge < -0.3 is 21.7 Å². The topological polar surface area (TPSA) is 9.23 Å². The highest BCUT2D eigenvalue weighted by atomic mass is 79.9. The Hall–Kier alpha value is -2.48. The van der Waals surface area contributed by atoms with Crippen molar-refractivity contribution in [2.24, 2.45) is 0 Å². The minimum atomic E-state index is -2.31. The molecule has 0 amide bonds. The van der Waals surface area contributed by atoms with Gasteiger partial charge in [-0.2, -0.15) is 0 Å². The van der Waals surface area contributed by atoms with E-state index in [-0.39, 0.29) is 22.8 Å². The van der Waals surface area contributed by atoms with Crippen molar-refractivity contribution in [2.45, 2.75) is 51.6 Å². The average Bonchev–Trinajstić information content (AvgIpc) is 2.93. The molecule has 0 N–H and O–H groups in total. The average molecular weight is 580 g/mol. The van der Waals surface area contributed by atoms with Gasteiger partial charge in [0.2, 0.25) is 0 Å². The molecule has 0 aliphatic carbocycles. The second kappa shape index (κ2) is 15.1. The van der Waals surface area contributed by atoms with Crippen LogP contribution in [0.25, 0.3) is 0 Å². The first-order chi connectivity index (χ1) is 17.7. The number of rotatable bonds is 13. The number of benzene rings is 4. The lowest BCUT2D eigenvalue weighted by Crippen LogP contribution is -3.00. The molecule has 4 heteroatoms. The van der Waals surface area contributed by atoms with E-state index in [1.807, 2.05) is 30.3 Å². The Morgan fingerprint density at radius 3 is 1.89 bits per heavy atom. The zero-order chi connectivity index (χ0) is 25.1. The minimum Gasteiger partial charge on any atom is -1.00 e. The van der Waals surface area contributed by atoms with E-state index in [4.69, 9.17) is 4.74 Å². The monoisotopic (exact) mass is 578 g/mol. The molecule has 0 aliphatic rings. The summed E-state index contributed by atoms with van der Waals surface area (Å²) in [6, 6.07) is 36.7. The van der Waals surface area contributed by atoms with Gasteiger partial charge in [-0.1, -0.05) is 99.7 Å². The van der Waals surface area contributed by atoms with Crippen molar-refractivity contribution in [3.63, 3.8) is 0 Å². The highest BCUT2D eigenvalue weighted by molar-refractivity contribution is 7.95. The molecule has 4 aromatic rings. The van der Waals surface area contributed by atoms with E-state index < -0.39 is 7.26 Å². The lowest BCUT2D eigenvalue weighted by molar-refractivity contribution is -0.00000833. The summed E-state index contributed by atoms with van der Waals surface area (Å²) in [6.45, 7) is 2.98. The van der Waals surface area contributed by atoms with E-state index in [9.17, 15) is 0 Å². The van der Waals surface area contributed by atoms with Crippen LogP contribution in [0.2, 0.25) is 0 Å². The fourth-order valence-electron chi connectivity index (χ4n) is 4.90. The number of unbranched alkanes of at least 4 members (excludes halogenated alkanes) is 5. The molecule has 0 aliphatic heterocycles. The summed E-state index contributed by atoms with van der Waals surface area (Å²) >= 11 is 0. The van der Waals surface area contributed by atoms with Crippen molar-refractivity contribution in [1.82, 2.24) is 0 Å². The smallest absolute Gasteiger partial charge is 0.166 e. The molecule has 0 radical (unpaired) electrons. The molecule has 1 nitrogen and oxygen atoms in total. The number of ether oxygens (including phenoxy) is 1. The first-order valence-electron chi connectivity index (χ1n) is 13.2. The number of halogens is 2. The molecule has 0 spiro atoms. The second-order valence-electron chi connectivity index (χ2n) is 9.35. The number of hydrogen-bond donors (Lipinski definition) is 0. The zero-order valence-electron chi connectivity index (χ0n) is 21.7. The molecule has 37 heavy (non-hydrogen) atoms. The van der Waals surface area contributed by atoms with Gasteiger partial charge in [-0.3, -0.25) is 0 Å². The summed E-state index contributed by atoms with van der Waals surface area (Å²) < 4.78 is 21.7. The lowest BCUT2D eigenvalue weighted by atomic mass is 10.1. The molecule has 0 heterocycles. The first-order valence-corrected chi connectivity index (χ1v) is 15.2. The van der Waals surface area contributed by atoms with E-state index >= 15 is 4.39 Å². The fraction of sp³-hybridized carbons (Fsp3) is 0.273. The lowest BCUT2D eigenvalue weighted by Gasteiger charge is -2.28. The molecular weight excluding hydrogens is 542 g/mol. The van der Waals surface area contributed by atoms with Gasteiger partial charge in [0, 0.05) is 0 Å².